The van der Waals surface area contributed by atoms with E-state index in [0.717, 1.165) is 0 Å². The first-order valence-corrected chi connectivity index (χ1v) is 5.27. The lowest BCUT2D eigenvalue weighted by Gasteiger charge is -2.07. The van der Waals surface area contributed by atoms with Crippen LogP contribution in [0.3, 0.4) is 0 Å². The van der Waals surface area contributed by atoms with Gasteiger partial charge in [-0.1, -0.05) is 12.1 Å². The fourth-order valence-corrected chi connectivity index (χ4v) is 1.80. The number of phenolic OH excluding ortho intramolecular Hbond substituents is 1. The molecule has 0 aliphatic heterocycles. The van der Waals surface area contributed by atoms with Crippen LogP contribution in [-0.4, -0.2) is 19.6 Å². The SMILES string of the molecule is NC(=O)NNS(=O)(=O)c1ccccc1O. The first kappa shape index (κ1) is 11.3. The molecule has 0 saturated carbocycles. The van der Waals surface area contributed by atoms with E-state index in [1.165, 1.54) is 24.3 Å². The van der Waals surface area contributed by atoms with E-state index >= 15 is 0 Å². The summed E-state index contributed by atoms with van der Waals surface area (Å²) in [6.45, 7) is 0. The second-order valence-corrected chi connectivity index (χ2v) is 4.21. The van der Waals surface area contributed by atoms with Gasteiger partial charge in [0.15, 0.2) is 0 Å². The van der Waals surface area contributed by atoms with Gasteiger partial charge >= 0.3 is 6.03 Å². The second kappa shape index (κ2) is 4.15. The molecule has 0 atom stereocenters. The van der Waals surface area contributed by atoms with Crippen molar-refractivity contribution < 1.29 is 18.3 Å². The number of sulfonamides is 1. The first-order valence-electron chi connectivity index (χ1n) is 3.79. The van der Waals surface area contributed by atoms with E-state index in [9.17, 15) is 18.3 Å². The Kier molecular flexibility index (Phi) is 3.12. The number of benzene rings is 1. The van der Waals surface area contributed by atoms with E-state index in [1.807, 2.05) is 0 Å². The largest absolute Gasteiger partial charge is 0.507 e. The van der Waals surface area contributed by atoms with Crippen LogP contribution in [0.4, 0.5) is 4.79 Å². The number of rotatable bonds is 3. The monoisotopic (exact) mass is 231 g/mol. The van der Waals surface area contributed by atoms with Crippen LogP contribution in [0.1, 0.15) is 0 Å². The van der Waals surface area contributed by atoms with Crippen LogP contribution in [0.2, 0.25) is 0 Å². The highest BCUT2D eigenvalue weighted by molar-refractivity contribution is 7.89. The average Bonchev–Trinajstić information content (AvgIpc) is 2.15. The van der Waals surface area contributed by atoms with Crippen molar-refractivity contribution in [3.05, 3.63) is 24.3 Å². The van der Waals surface area contributed by atoms with E-state index in [0.29, 0.717) is 0 Å². The molecule has 0 bridgehead atoms. The van der Waals surface area contributed by atoms with Gasteiger partial charge in [-0.2, -0.15) is 0 Å². The highest BCUT2D eigenvalue weighted by atomic mass is 32.2. The van der Waals surface area contributed by atoms with Gasteiger partial charge in [-0.25, -0.2) is 13.2 Å². The van der Waals surface area contributed by atoms with E-state index in [2.05, 4.69) is 5.73 Å². The normalized spacial score (nSPS) is 10.9. The fraction of sp³-hybridized carbons (Fsp3) is 0. The van der Waals surface area contributed by atoms with Crippen molar-refractivity contribution in [1.82, 2.24) is 10.3 Å². The van der Waals surface area contributed by atoms with Crippen molar-refractivity contribution in [2.45, 2.75) is 4.90 Å². The molecule has 0 radical (unpaired) electrons. The van der Waals surface area contributed by atoms with Crippen LogP contribution in [-0.2, 0) is 10.0 Å². The molecule has 0 aromatic heterocycles. The number of hydrazine groups is 1. The summed E-state index contributed by atoms with van der Waals surface area (Å²) < 4.78 is 22.8. The lowest BCUT2D eigenvalue weighted by atomic mass is 10.3. The van der Waals surface area contributed by atoms with Crippen LogP contribution in [0.15, 0.2) is 29.2 Å². The van der Waals surface area contributed by atoms with Gasteiger partial charge in [-0.3, -0.25) is 5.43 Å². The van der Waals surface area contributed by atoms with Crippen LogP contribution in [0, 0.1) is 0 Å². The highest BCUT2D eigenvalue weighted by Gasteiger charge is 2.17. The summed E-state index contributed by atoms with van der Waals surface area (Å²) in [5, 5.41) is 9.25. The number of para-hydroxylation sites is 1. The van der Waals surface area contributed by atoms with E-state index in [1.54, 1.807) is 10.3 Å². The number of amides is 2. The molecule has 0 spiro atoms. The predicted molar refractivity (Wildman–Crippen MR) is 51.1 cm³/mol. The molecule has 0 unspecified atom stereocenters. The van der Waals surface area contributed by atoms with Gasteiger partial charge in [0.1, 0.15) is 10.6 Å². The zero-order chi connectivity index (χ0) is 11.5. The molecule has 1 rings (SSSR count). The molecule has 0 aliphatic carbocycles. The number of urea groups is 1. The van der Waals surface area contributed by atoms with Crippen molar-refractivity contribution in [3.63, 3.8) is 0 Å². The molecule has 0 fully saturated rings. The van der Waals surface area contributed by atoms with Crippen LogP contribution in [0.5, 0.6) is 5.75 Å². The topological polar surface area (TPSA) is 122 Å². The minimum absolute atomic E-state index is 0.348. The van der Waals surface area contributed by atoms with Gasteiger partial charge in [-0.15, -0.1) is 4.83 Å². The Balaban J connectivity index is 2.97. The third-order valence-electron chi connectivity index (χ3n) is 1.46. The van der Waals surface area contributed by atoms with E-state index < -0.39 is 21.8 Å². The quantitative estimate of drug-likeness (QED) is 0.511. The lowest BCUT2D eigenvalue weighted by Crippen LogP contribution is -2.44. The van der Waals surface area contributed by atoms with Gasteiger partial charge in [0.2, 0.25) is 0 Å². The molecule has 5 N–H and O–H groups in total. The molecule has 0 saturated heterocycles. The second-order valence-electron chi connectivity index (χ2n) is 2.56. The van der Waals surface area contributed by atoms with Crippen molar-refractivity contribution in [2.24, 2.45) is 5.73 Å². The number of phenols is 1. The summed E-state index contributed by atoms with van der Waals surface area (Å²) in [6.07, 6.45) is 0. The minimum atomic E-state index is -4.00. The van der Waals surface area contributed by atoms with Gasteiger partial charge in [0, 0.05) is 0 Å². The molecule has 2 amide bonds. The van der Waals surface area contributed by atoms with Crippen molar-refractivity contribution in [1.29, 1.82) is 0 Å². The minimum Gasteiger partial charge on any atom is -0.507 e. The summed E-state index contributed by atoms with van der Waals surface area (Å²) in [7, 11) is -4.00. The summed E-state index contributed by atoms with van der Waals surface area (Å²) in [6, 6.07) is 4.24. The number of primary amides is 1. The number of carbonyl (C=O) groups excluding carboxylic acids is 1. The molecule has 0 heterocycles. The zero-order valence-electron chi connectivity index (χ0n) is 7.47. The Bertz CT molecular complexity index is 471. The van der Waals surface area contributed by atoms with Crippen LogP contribution >= 0.6 is 0 Å². The maximum Gasteiger partial charge on any atom is 0.327 e. The molecule has 82 valence electrons. The molecule has 8 heteroatoms. The van der Waals surface area contributed by atoms with Crippen LogP contribution < -0.4 is 16.0 Å². The molecular weight excluding hydrogens is 222 g/mol. The number of carbonyl (C=O) groups is 1. The Hall–Kier alpha value is -1.80. The Morgan fingerprint density at radius 1 is 1.33 bits per heavy atom. The zero-order valence-corrected chi connectivity index (χ0v) is 8.28. The summed E-state index contributed by atoms with van der Waals surface area (Å²) in [5.74, 6) is -0.420. The van der Waals surface area contributed by atoms with E-state index in [4.69, 9.17) is 0 Å². The first-order chi connectivity index (χ1) is 6.93. The number of aromatic hydroxyl groups is 1. The third kappa shape index (κ3) is 2.82. The average molecular weight is 231 g/mol. The van der Waals surface area contributed by atoms with Crippen LogP contribution in [0.25, 0.3) is 0 Å². The number of hydrogen-bond acceptors (Lipinski definition) is 4. The molecule has 1 aromatic rings. The lowest BCUT2D eigenvalue weighted by molar-refractivity contribution is 0.247. The van der Waals surface area contributed by atoms with Gasteiger partial charge in [0.25, 0.3) is 10.0 Å². The van der Waals surface area contributed by atoms with E-state index in [-0.39, 0.29) is 4.90 Å². The third-order valence-corrected chi connectivity index (χ3v) is 2.76. The van der Waals surface area contributed by atoms with Crippen molar-refractivity contribution in [2.75, 3.05) is 0 Å². The Labute approximate surface area is 85.9 Å². The van der Waals surface area contributed by atoms with Crippen molar-refractivity contribution in [3.8, 4) is 5.75 Å². The Morgan fingerprint density at radius 2 is 1.93 bits per heavy atom. The number of nitrogens with one attached hydrogen (secondary N) is 2. The number of nitrogens with two attached hydrogens (primary N) is 1. The molecule has 15 heavy (non-hydrogen) atoms. The standard InChI is InChI=1S/C7H9N3O4S/c8-7(12)9-10-15(13,14)6-4-2-1-3-5(6)11/h1-4,10-11H,(H3,8,9,12). The van der Waals surface area contributed by atoms with Gasteiger partial charge < -0.3 is 10.8 Å². The Morgan fingerprint density at radius 3 is 2.47 bits per heavy atom. The molecule has 7 nitrogen and oxygen atoms in total. The summed E-state index contributed by atoms with van der Waals surface area (Å²) >= 11 is 0. The molecule has 1 aromatic carbocycles. The van der Waals surface area contributed by atoms with Crippen molar-refractivity contribution >= 4 is 16.1 Å². The predicted octanol–water partition coefficient (Wildman–Crippen LogP) is -0.746. The number of hydrogen-bond donors (Lipinski definition) is 4. The molecule has 0 aliphatic rings. The molecular formula is C7H9N3O4S. The summed E-state index contributed by atoms with van der Waals surface area (Å²) in [4.78, 5) is 11.6. The highest BCUT2D eigenvalue weighted by Crippen LogP contribution is 2.20. The smallest absolute Gasteiger partial charge is 0.327 e. The summed E-state index contributed by atoms with van der Waals surface area (Å²) in [5.41, 5.74) is 6.38. The maximum absolute atomic E-state index is 11.4. The van der Waals surface area contributed by atoms with Gasteiger partial charge in [-0.05, 0) is 12.1 Å². The van der Waals surface area contributed by atoms with Gasteiger partial charge in [0.05, 0.1) is 0 Å². The maximum atomic E-state index is 11.4. The fourth-order valence-electron chi connectivity index (χ4n) is 0.857.